The summed E-state index contributed by atoms with van der Waals surface area (Å²) in [5.41, 5.74) is 0.733. The first-order valence-electron chi connectivity index (χ1n) is 7.41. The van der Waals surface area contributed by atoms with Crippen LogP contribution in [-0.2, 0) is 0 Å². The van der Waals surface area contributed by atoms with Gasteiger partial charge in [0.05, 0.1) is 0 Å². The fraction of sp³-hybridized carbons (Fsp3) is 0.235. The van der Waals surface area contributed by atoms with Crippen molar-refractivity contribution in [2.45, 2.75) is 0 Å². The monoisotopic (exact) mass is 297 g/mol. The van der Waals surface area contributed by atoms with Crippen molar-refractivity contribution in [1.82, 2.24) is 10.2 Å². The number of benzene rings is 2. The van der Waals surface area contributed by atoms with Crippen LogP contribution in [0.4, 0.5) is 10.5 Å². The Morgan fingerprint density at radius 1 is 1.00 bits per heavy atom. The Morgan fingerprint density at radius 3 is 2.50 bits per heavy atom. The summed E-state index contributed by atoms with van der Waals surface area (Å²) in [5.74, 6) is 1.47. The topological polar surface area (TPSA) is 53.6 Å². The molecule has 2 aromatic rings. The normalized spacial score (nSPS) is 14.5. The van der Waals surface area contributed by atoms with E-state index in [0.29, 0.717) is 5.75 Å². The van der Waals surface area contributed by atoms with Crippen LogP contribution >= 0.6 is 0 Å². The predicted molar refractivity (Wildman–Crippen MR) is 86.4 cm³/mol. The van der Waals surface area contributed by atoms with Crippen LogP contribution in [0.1, 0.15) is 0 Å². The highest BCUT2D eigenvalue weighted by molar-refractivity contribution is 5.89. The van der Waals surface area contributed by atoms with Crippen LogP contribution in [0.3, 0.4) is 0 Å². The number of carbonyl (C=O) groups excluding carboxylic acids is 1. The van der Waals surface area contributed by atoms with Crippen LogP contribution in [0.15, 0.2) is 54.6 Å². The fourth-order valence-corrected chi connectivity index (χ4v) is 2.33. The lowest BCUT2D eigenvalue weighted by atomic mass is 10.3. The van der Waals surface area contributed by atoms with Gasteiger partial charge in [0.2, 0.25) is 0 Å². The molecule has 0 saturated carbocycles. The zero-order valence-electron chi connectivity index (χ0n) is 12.3. The number of anilines is 1. The zero-order valence-corrected chi connectivity index (χ0v) is 12.3. The average Bonchev–Trinajstić information content (AvgIpc) is 2.57. The standard InChI is InChI=1S/C17H19N3O2/c21-17(20-11-9-18-10-12-20)19-14-5-4-8-16(13-14)22-15-6-2-1-3-7-15/h1-8,13,18H,9-12H2,(H,19,21). The summed E-state index contributed by atoms with van der Waals surface area (Å²) in [5, 5.41) is 6.15. The van der Waals surface area contributed by atoms with E-state index in [-0.39, 0.29) is 6.03 Å². The molecule has 0 atom stereocenters. The number of amides is 2. The molecule has 0 aliphatic carbocycles. The van der Waals surface area contributed by atoms with Gasteiger partial charge in [0, 0.05) is 37.9 Å². The number of hydrogen-bond donors (Lipinski definition) is 2. The zero-order chi connectivity index (χ0) is 15.2. The smallest absolute Gasteiger partial charge is 0.321 e. The van der Waals surface area contributed by atoms with E-state index < -0.39 is 0 Å². The Kier molecular flexibility index (Phi) is 4.56. The van der Waals surface area contributed by atoms with Crippen molar-refractivity contribution in [1.29, 1.82) is 0 Å². The number of urea groups is 1. The lowest BCUT2D eigenvalue weighted by molar-refractivity contribution is 0.204. The molecule has 114 valence electrons. The Morgan fingerprint density at radius 2 is 1.73 bits per heavy atom. The number of para-hydroxylation sites is 1. The van der Waals surface area contributed by atoms with Gasteiger partial charge in [0.25, 0.3) is 0 Å². The van der Waals surface area contributed by atoms with E-state index in [1.165, 1.54) is 0 Å². The highest BCUT2D eigenvalue weighted by Crippen LogP contribution is 2.24. The van der Waals surface area contributed by atoms with Gasteiger partial charge in [0.15, 0.2) is 0 Å². The third kappa shape index (κ3) is 3.77. The molecule has 2 N–H and O–H groups in total. The van der Waals surface area contributed by atoms with Crippen LogP contribution < -0.4 is 15.4 Å². The van der Waals surface area contributed by atoms with Crippen molar-refractivity contribution < 1.29 is 9.53 Å². The maximum Gasteiger partial charge on any atom is 0.321 e. The molecule has 1 fully saturated rings. The van der Waals surface area contributed by atoms with Crippen LogP contribution in [0.25, 0.3) is 0 Å². The number of nitrogens with zero attached hydrogens (tertiary/aromatic N) is 1. The molecule has 2 aromatic carbocycles. The van der Waals surface area contributed by atoms with E-state index in [1.54, 1.807) is 4.90 Å². The van der Waals surface area contributed by atoms with Crippen LogP contribution in [0.5, 0.6) is 11.5 Å². The van der Waals surface area contributed by atoms with Crippen molar-refractivity contribution in [3.63, 3.8) is 0 Å². The quantitative estimate of drug-likeness (QED) is 0.916. The molecule has 1 aliphatic rings. The number of piperazine rings is 1. The highest BCUT2D eigenvalue weighted by Gasteiger charge is 2.16. The van der Waals surface area contributed by atoms with Crippen LogP contribution in [-0.4, -0.2) is 37.1 Å². The van der Waals surface area contributed by atoms with Crippen molar-refractivity contribution in [3.05, 3.63) is 54.6 Å². The summed E-state index contributed by atoms with van der Waals surface area (Å²) in [6, 6.07) is 16.9. The Hall–Kier alpha value is -2.53. The van der Waals surface area contributed by atoms with Gasteiger partial charge in [-0.1, -0.05) is 24.3 Å². The van der Waals surface area contributed by atoms with E-state index in [9.17, 15) is 4.79 Å². The van der Waals surface area contributed by atoms with E-state index in [2.05, 4.69) is 10.6 Å². The van der Waals surface area contributed by atoms with Gasteiger partial charge in [-0.05, 0) is 24.3 Å². The largest absolute Gasteiger partial charge is 0.457 e. The van der Waals surface area contributed by atoms with E-state index in [4.69, 9.17) is 4.74 Å². The SMILES string of the molecule is O=C(Nc1cccc(Oc2ccccc2)c1)N1CCNCC1. The minimum Gasteiger partial charge on any atom is -0.457 e. The van der Waals surface area contributed by atoms with Gasteiger partial charge in [0.1, 0.15) is 11.5 Å². The number of ether oxygens (including phenoxy) is 1. The lowest BCUT2D eigenvalue weighted by Crippen LogP contribution is -2.48. The highest BCUT2D eigenvalue weighted by atomic mass is 16.5. The maximum absolute atomic E-state index is 12.2. The first-order chi connectivity index (χ1) is 10.8. The molecule has 3 rings (SSSR count). The Balaban J connectivity index is 1.64. The van der Waals surface area contributed by atoms with Crippen LogP contribution in [0.2, 0.25) is 0 Å². The molecule has 0 unspecified atom stereocenters. The van der Waals surface area contributed by atoms with Crippen molar-refractivity contribution in [2.75, 3.05) is 31.5 Å². The summed E-state index contributed by atoms with van der Waals surface area (Å²) in [4.78, 5) is 14.0. The third-order valence-corrected chi connectivity index (χ3v) is 3.47. The van der Waals surface area contributed by atoms with Gasteiger partial charge < -0.3 is 20.3 Å². The first-order valence-corrected chi connectivity index (χ1v) is 7.41. The second kappa shape index (κ2) is 6.95. The van der Waals surface area contributed by atoms with Gasteiger partial charge in [-0.25, -0.2) is 4.79 Å². The predicted octanol–water partition coefficient (Wildman–Crippen LogP) is 2.92. The maximum atomic E-state index is 12.2. The molecule has 5 heteroatoms. The molecule has 1 saturated heterocycles. The summed E-state index contributed by atoms with van der Waals surface area (Å²) in [6.07, 6.45) is 0. The number of nitrogens with one attached hydrogen (secondary N) is 2. The second-order valence-corrected chi connectivity index (χ2v) is 5.11. The van der Waals surface area contributed by atoms with E-state index in [0.717, 1.165) is 37.6 Å². The second-order valence-electron chi connectivity index (χ2n) is 5.11. The minimum absolute atomic E-state index is 0.0710. The fourth-order valence-electron chi connectivity index (χ4n) is 2.33. The Labute approximate surface area is 129 Å². The van der Waals surface area contributed by atoms with Crippen molar-refractivity contribution in [2.24, 2.45) is 0 Å². The first kappa shape index (κ1) is 14.4. The number of rotatable bonds is 3. The van der Waals surface area contributed by atoms with Crippen molar-refractivity contribution >= 4 is 11.7 Å². The molecule has 2 amide bonds. The molecule has 1 heterocycles. The summed E-state index contributed by atoms with van der Waals surface area (Å²) < 4.78 is 5.77. The Bertz CT molecular complexity index is 625. The molecule has 1 aliphatic heterocycles. The van der Waals surface area contributed by atoms with Gasteiger partial charge in [-0.15, -0.1) is 0 Å². The molecule has 0 aromatic heterocycles. The van der Waals surface area contributed by atoms with Gasteiger partial charge in [-0.3, -0.25) is 0 Å². The van der Waals surface area contributed by atoms with Crippen molar-refractivity contribution in [3.8, 4) is 11.5 Å². The number of carbonyl (C=O) groups is 1. The van der Waals surface area contributed by atoms with E-state index in [1.807, 2.05) is 54.6 Å². The van der Waals surface area contributed by atoms with E-state index >= 15 is 0 Å². The molecule has 0 radical (unpaired) electrons. The third-order valence-electron chi connectivity index (χ3n) is 3.47. The number of hydrogen-bond acceptors (Lipinski definition) is 3. The van der Waals surface area contributed by atoms with Gasteiger partial charge >= 0.3 is 6.03 Å². The average molecular weight is 297 g/mol. The summed E-state index contributed by atoms with van der Waals surface area (Å²) in [6.45, 7) is 3.13. The molecular formula is C17H19N3O2. The molecule has 0 bridgehead atoms. The molecule has 22 heavy (non-hydrogen) atoms. The lowest BCUT2D eigenvalue weighted by Gasteiger charge is -2.27. The minimum atomic E-state index is -0.0710. The molecule has 5 nitrogen and oxygen atoms in total. The van der Waals surface area contributed by atoms with Gasteiger partial charge in [-0.2, -0.15) is 0 Å². The summed E-state index contributed by atoms with van der Waals surface area (Å²) >= 11 is 0. The summed E-state index contributed by atoms with van der Waals surface area (Å²) in [7, 11) is 0. The molecule has 0 spiro atoms. The van der Waals surface area contributed by atoms with Crippen LogP contribution in [0, 0.1) is 0 Å². The molecular weight excluding hydrogens is 278 g/mol.